The number of carbonyl (C=O) groups excluding carboxylic acids is 3. The van der Waals surface area contributed by atoms with Gasteiger partial charge in [0.25, 0.3) is 0 Å². The summed E-state index contributed by atoms with van der Waals surface area (Å²) in [4.78, 5) is 35.3. The molecule has 2 atom stereocenters. The number of nitrogens with one attached hydrogen (secondary N) is 1. The normalized spacial score (nSPS) is 19.7. The van der Waals surface area contributed by atoms with Crippen molar-refractivity contribution in [3.05, 3.63) is 0 Å². The summed E-state index contributed by atoms with van der Waals surface area (Å²) in [5.74, 6) is -0.796. The van der Waals surface area contributed by atoms with E-state index in [-0.39, 0.29) is 30.2 Å². The fraction of sp³-hybridized carbons (Fsp3) is 0.842. The van der Waals surface area contributed by atoms with E-state index in [0.29, 0.717) is 17.3 Å². The van der Waals surface area contributed by atoms with Gasteiger partial charge in [0.2, 0.25) is 5.91 Å². The molecule has 0 aromatic carbocycles. The summed E-state index contributed by atoms with van der Waals surface area (Å²) in [6.45, 7) is 2.22. The molecule has 1 heterocycles. The van der Waals surface area contributed by atoms with E-state index in [9.17, 15) is 14.4 Å². The zero-order valence-electron chi connectivity index (χ0n) is 15.4. The lowest BCUT2D eigenvalue weighted by Gasteiger charge is -2.08. The first kappa shape index (κ1) is 22.4. The minimum atomic E-state index is -0.590. The molecule has 0 unspecified atom stereocenters. The number of amides is 1. The number of rotatable bonds is 14. The molecule has 0 radical (unpaired) electrons. The molecule has 1 rings (SSSR count). The molecular formula is C19H32INO4. The molecule has 1 aliphatic rings. The Bertz CT molecular complexity index is 428. The van der Waals surface area contributed by atoms with E-state index in [1.54, 1.807) is 0 Å². The monoisotopic (exact) mass is 465 g/mol. The van der Waals surface area contributed by atoms with Crippen molar-refractivity contribution in [3.63, 3.8) is 0 Å². The predicted molar refractivity (Wildman–Crippen MR) is 107 cm³/mol. The standard InChI is InChI=1S/C19H32INO4/c1-2-3-4-5-6-7-8-9-10-11-15(22)12-18(23)21-17-13-16(14-20)25-19(17)24/h16-17H,2-14H2,1H3,(H,21,23)/t16-,17-/m0/s1. The molecular weight excluding hydrogens is 433 g/mol. The largest absolute Gasteiger partial charge is 0.460 e. The highest BCUT2D eigenvalue weighted by atomic mass is 127. The van der Waals surface area contributed by atoms with Gasteiger partial charge >= 0.3 is 5.97 Å². The molecule has 0 aromatic rings. The first-order chi connectivity index (χ1) is 12.1. The second-order valence-electron chi connectivity index (χ2n) is 6.86. The number of ketones is 1. The van der Waals surface area contributed by atoms with Crippen molar-refractivity contribution in [1.29, 1.82) is 0 Å². The number of hydrogen-bond acceptors (Lipinski definition) is 4. The Morgan fingerprint density at radius 3 is 2.24 bits per heavy atom. The van der Waals surface area contributed by atoms with Gasteiger partial charge in [-0.1, -0.05) is 80.9 Å². The van der Waals surface area contributed by atoms with Gasteiger partial charge in [0, 0.05) is 17.3 Å². The van der Waals surface area contributed by atoms with Crippen LogP contribution in [0.15, 0.2) is 0 Å². The summed E-state index contributed by atoms with van der Waals surface area (Å²) in [6, 6.07) is -0.590. The Kier molecular flexibility index (Phi) is 12.1. The molecule has 6 heteroatoms. The molecule has 0 bridgehead atoms. The highest BCUT2D eigenvalue weighted by Crippen LogP contribution is 2.17. The lowest BCUT2D eigenvalue weighted by atomic mass is 10.0. The van der Waals surface area contributed by atoms with Gasteiger partial charge in [0.05, 0.1) is 6.42 Å². The molecule has 1 saturated heterocycles. The van der Waals surface area contributed by atoms with Crippen molar-refractivity contribution in [2.45, 2.75) is 96.1 Å². The number of Topliss-reactive ketones (excluding diaryl/α,β-unsaturated/α-hetero) is 1. The molecule has 25 heavy (non-hydrogen) atoms. The van der Waals surface area contributed by atoms with E-state index in [1.807, 2.05) is 0 Å². The van der Waals surface area contributed by atoms with Gasteiger partial charge in [-0.05, 0) is 6.42 Å². The number of hydrogen-bond donors (Lipinski definition) is 1. The lowest BCUT2D eigenvalue weighted by molar-refractivity contribution is -0.144. The molecule has 1 aliphatic heterocycles. The van der Waals surface area contributed by atoms with Crippen LogP contribution in [0, 0.1) is 0 Å². The average Bonchev–Trinajstić information content (AvgIpc) is 2.93. The van der Waals surface area contributed by atoms with Crippen molar-refractivity contribution in [1.82, 2.24) is 5.32 Å². The van der Waals surface area contributed by atoms with Crippen molar-refractivity contribution < 1.29 is 19.1 Å². The van der Waals surface area contributed by atoms with Gasteiger partial charge in [-0.2, -0.15) is 0 Å². The molecule has 1 amide bonds. The van der Waals surface area contributed by atoms with E-state index in [2.05, 4.69) is 34.8 Å². The number of ether oxygens (including phenoxy) is 1. The van der Waals surface area contributed by atoms with E-state index < -0.39 is 6.04 Å². The Morgan fingerprint density at radius 1 is 1.08 bits per heavy atom. The average molecular weight is 465 g/mol. The fourth-order valence-corrected chi connectivity index (χ4v) is 3.55. The smallest absolute Gasteiger partial charge is 0.329 e. The number of halogens is 1. The SMILES string of the molecule is CCCCCCCCCCCC(=O)CC(=O)N[C@H]1C[C@@H](CI)OC1=O. The number of unbranched alkanes of at least 4 members (excludes halogenated alkanes) is 8. The minimum Gasteiger partial charge on any atom is -0.460 e. The highest BCUT2D eigenvalue weighted by molar-refractivity contribution is 14.1. The predicted octanol–water partition coefficient (Wildman–Crippen LogP) is 4.10. The Morgan fingerprint density at radius 2 is 1.68 bits per heavy atom. The number of carbonyl (C=O) groups is 3. The van der Waals surface area contributed by atoms with Crippen LogP contribution >= 0.6 is 22.6 Å². The Hall–Kier alpha value is -0.660. The van der Waals surface area contributed by atoms with Crippen LogP contribution in [-0.2, 0) is 19.1 Å². The Labute approximate surface area is 165 Å². The number of esters is 1. The summed E-state index contributed by atoms with van der Waals surface area (Å²) < 4.78 is 5.83. The fourth-order valence-electron chi connectivity index (χ4n) is 3.01. The molecule has 1 N–H and O–H groups in total. The van der Waals surface area contributed by atoms with E-state index in [0.717, 1.165) is 19.3 Å². The van der Waals surface area contributed by atoms with Crippen LogP contribution in [-0.4, -0.2) is 34.2 Å². The second-order valence-corrected chi connectivity index (χ2v) is 7.74. The van der Waals surface area contributed by atoms with Crippen LogP contribution in [0.1, 0.15) is 84.0 Å². The van der Waals surface area contributed by atoms with E-state index in [4.69, 9.17) is 4.74 Å². The van der Waals surface area contributed by atoms with Crippen LogP contribution in [0.4, 0.5) is 0 Å². The maximum atomic E-state index is 11.9. The topological polar surface area (TPSA) is 72.5 Å². The van der Waals surface area contributed by atoms with Gasteiger partial charge in [-0.25, -0.2) is 4.79 Å². The summed E-state index contributed by atoms with van der Waals surface area (Å²) in [5.41, 5.74) is 0. The van der Waals surface area contributed by atoms with Crippen molar-refractivity contribution in [2.24, 2.45) is 0 Å². The van der Waals surface area contributed by atoms with Gasteiger partial charge in [-0.3, -0.25) is 9.59 Å². The van der Waals surface area contributed by atoms with Gasteiger partial charge < -0.3 is 10.1 Å². The minimum absolute atomic E-state index is 0.0442. The van der Waals surface area contributed by atoms with Gasteiger partial charge in [0.15, 0.2) is 0 Å². The summed E-state index contributed by atoms with van der Waals surface area (Å²) in [5, 5.41) is 2.62. The molecule has 0 spiro atoms. The molecule has 0 saturated carbocycles. The van der Waals surface area contributed by atoms with E-state index >= 15 is 0 Å². The summed E-state index contributed by atoms with van der Waals surface area (Å²) in [7, 11) is 0. The lowest BCUT2D eigenvalue weighted by Crippen LogP contribution is -2.38. The third-order valence-electron chi connectivity index (χ3n) is 4.49. The van der Waals surface area contributed by atoms with Crippen molar-refractivity contribution in [3.8, 4) is 0 Å². The van der Waals surface area contributed by atoms with E-state index in [1.165, 1.54) is 38.5 Å². The number of alkyl halides is 1. The maximum absolute atomic E-state index is 11.9. The van der Waals surface area contributed by atoms with Crippen LogP contribution in [0.25, 0.3) is 0 Å². The molecule has 144 valence electrons. The maximum Gasteiger partial charge on any atom is 0.329 e. The van der Waals surface area contributed by atoms with Gasteiger partial charge in [0.1, 0.15) is 17.9 Å². The molecule has 1 fully saturated rings. The van der Waals surface area contributed by atoms with Crippen LogP contribution in [0.2, 0.25) is 0 Å². The van der Waals surface area contributed by atoms with Crippen LogP contribution < -0.4 is 5.32 Å². The second kappa shape index (κ2) is 13.5. The van der Waals surface area contributed by atoms with Crippen molar-refractivity contribution in [2.75, 3.05) is 4.43 Å². The first-order valence-electron chi connectivity index (χ1n) is 9.64. The number of cyclic esters (lactones) is 1. The third-order valence-corrected chi connectivity index (χ3v) is 5.47. The van der Waals surface area contributed by atoms with Gasteiger partial charge in [-0.15, -0.1) is 0 Å². The zero-order chi connectivity index (χ0) is 18.5. The molecule has 5 nitrogen and oxygen atoms in total. The summed E-state index contributed by atoms with van der Waals surface area (Å²) in [6.07, 6.45) is 11.5. The highest BCUT2D eigenvalue weighted by Gasteiger charge is 2.34. The van der Waals surface area contributed by atoms with Crippen LogP contribution in [0.3, 0.4) is 0 Å². The van der Waals surface area contributed by atoms with Crippen molar-refractivity contribution >= 4 is 40.3 Å². The molecule has 0 aromatic heterocycles. The third kappa shape index (κ3) is 10.2. The van der Waals surface area contributed by atoms with Crippen LogP contribution in [0.5, 0.6) is 0 Å². The molecule has 0 aliphatic carbocycles. The first-order valence-corrected chi connectivity index (χ1v) is 11.2. The Balaban J connectivity index is 2.02. The summed E-state index contributed by atoms with van der Waals surface area (Å²) >= 11 is 2.15. The zero-order valence-corrected chi connectivity index (χ0v) is 17.5. The quantitative estimate of drug-likeness (QED) is 0.138.